The molecular formula is C27H28N6O2S3. The number of anilines is 4. The molecule has 0 saturated carbocycles. The number of thiol groups is 2. The molecule has 1 aliphatic heterocycles. The molecule has 0 unspecified atom stereocenters. The number of rotatable bonds is 7. The predicted molar refractivity (Wildman–Crippen MR) is 163 cm³/mol. The third-order valence-electron chi connectivity index (χ3n) is 6.35. The summed E-state index contributed by atoms with van der Waals surface area (Å²) in [5.41, 5.74) is 8.40. The van der Waals surface area contributed by atoms with Crippen molar-refractivity contribution in [1.29, 1.82) is 0 Å². The number of nitrogens with one attached hydrogen (secondary N) is 3. The van der Waals surface area contributed by atoms with Gasteiger partial charge in [-0.15, -0.1) is 31.4 Å². The minimum Gasteiger partial charge on any atom is -0.366 e. The zero-order valence-electron chi connectivity index (χ0n) is 20.4. The Morgan fingerprint density at radius 3 is 2.42 bits per heavy atom. The van der Waals surface area contributed by atoms with E-state index in [0.29, 0.717) is 39.8 Å². The number of fused-ring (bicyclic) bond motifs is 1. The van der Waals surface area contributed by atoms with Crippen molar-refractivity contribution < 1.29 is 9.59 Å². The smallest absolute Gasteiger partial charge is 0.251 e. The lowest BCUT2D eigenvalue weighted by Gasteiger charge is -2.36. The molecule has 0 spiro atoms. The standard InChI is InChI=1S/C27H28N6O2S3/c28-24(34)20-8-1-3-10-22(20)31-25-21-9-2-4-11-23(21)32-27(33-25)30-19-7-5-6-17(16-19)26(35)29-18-12-14-38(36,37)15-13-18/h1-11,16,18,36-37H,12-15H2,(H2,28,34)(H,29,35)(H2,30,31,32,33). The molecular weight excluding hydrogens is 537 g/mol. The number of hydrogen-bond acceptors (Lipinski definition) is 8. The summed E-state index contributed by atoms with van der Waals surface area (Å²) in [6.07, 6.45) is 1.76. The van der Waals surface area contributed by atoms with Crippen LogP contribution < -0.4 is 21.7 Å². The number of carbonyl (C=O) groups excluding carboxylic acids is 2. The van der Waals surface area contributed by atoms with Crippen LogP contribution >= 0.6 is 31.4 Å². The van der Waals surface area contributed by atoms with Gasteiger partial charge in [0.1, 0.15) is 5.82 Å². The third-order valence-corrected chi connectivity index (χ3v) is 10.3. The average Bonchev–Trinajstić information content (AvgIpc) is 2.90. The number of aromatic nitrogens is 2. The molecule has 0 bridgehead atoms. The Bertz CT molecular complexity index is 1500. The summed E-state index contributed by atoms with van der Waals surface area (Å²) < 4.78 is 0. The van der Waals surface area contributed by atoms with E-state index in [-0.39, 0.29) is 11.9 Å². The highest BCUT2D eigenvalue weighted by molar-refractivity contribution is 9.17. The Morgan fingerprint density at radius 2 is 1.63 bits per heavy atom. The molecule has 8 nitrogen and oxygen atoms in total. The molecule has 196 valence electrons. The van der Waals surface area contributed by atoms with Gasteiger partial charge in [0, 0.05) is 22.7 Å². The van der Waals surface area contributed by atoms with E-state index >= 15 is 0 Å². The van der Waals surface area contributed by atoms with Crippen LogP contribution in [0, 0.1) is 0 Å². The van der Waals surface area contributed by atoms with E-state index < -0.39 is 14.0 Å². The molecule has 5 N–H and O–H groups in total. The monoisotopic (exact) mass is 564 g/mol. The number of benzene rings is 3. The molecule has 2 heterocycles. The van der Waals surface area contributed by atoms with Gasteiger partial charge in [0.25, 0.3) is 11.8 Å². The summed E-state index contributed by atoms with van der Waals surface area (Å²) >= 11 is 9.28. The van der Waals surface area contributed by atoms with Gasteiger partial charge in [0.2, 0.25) is 5.95 Å². The van der Waals surface area contributed by atoms with Crippen molar-refractivity contribution in [2.45, 2.75) is 18.9 Å². The van der Waals surface area contributed by atoms with Crippen molar-refractivity contribution in [2.75, 3.05) is 22.1 Å². The minimum atomic E-state index is -1.12. The highest BCUT2D eigenvalue weighted by atomic mass is 33.5. The summed E-state index contributed by atoms with van der Waals surface area (Å²) in [5.74, 6) is 2.05. The number of para-hydroxylation sites is 2. The molecule has 1 aliphatic rings. The topological polar surface area (TPSA) is 122 Å². The minimum absolute atomic E-state index is 0.121. The maximum atomic E-state index is 12.9. The first-order valence-electron chi connectivity index (χ1n) is 12.1. The maximum Gasteiger partial charge on any atom is 0.251 e. The van der Waals surface area contributed by atoms with Crippen LogP contribution in [0.15, 0.2) is 72.8 Å². The molecule has 3 aromatic carbocycles. The number of amides is 2. The lowest BCUT2D eigenvalue weighted by atomic mass is 10.1. The Balaban J connectivity index is 1.38. The van der Waals surface area contributed by atoms with Gasteiger partial charge in [-0.05, 0) is 66.8 Å². The molecule has 1 saturated heterocycles. The summed E-state index contributed by atoms with van der Waals surface area (Å²) in [6.45, 7) is 0. The van der Waals surface area contributed by atoms with E-state index in [2.05, 4.69) is 49.2 Å². The molecule has 4 aromatic rings. The first-order chi connectivity index (χ1) is 18.3. The second-order valence-electron chi connectivity index (χ2n) is 9.11. The molecule has 11 heteroatoms. The Labute approximate surface area is 232 Å². The zero-order valence-corrected chi connectivity index (χ0v) is 23.0. The lowest BCUT2D eigenvalue weighted by Crippen LogP contribution is -2.38. The van der Waals surface area contributed by atoms with Crippen LogP contribution in [0.2, 0.25) is 0 Å². The van der Waals surface area contributed by atoms with Gasteiger partial charge in [-0.3, -0.25) is 9.59 Å². The van der Waals surface area contributed by atoms with Gasteiger partial charge >= 0.3 is 0 Å². The Morgan fingerprint density at radius 1 is 0.895 bits per heavy atom. The Kier molecular flexibility index (Phi) is 7.68. The van der Waals surface area contributed by atoms with E-state index in [9.17, 15) is 9.59 Å². The summed E-state index contributed by atoms with van der Waals surface area (Å²) in [5, 5.41) is 10.4. The van der Waals surface area contributed by atoms with Crippen LogP contribution in [-0.4, -0.2) is 39.3 Å². The first-order valence-corrected chi connectivity index (χ1v) is 16.2. The van der Waals surface area contributed by atoms with E-state index in [4.69, 9.17) is 5.73 Å². The number of hydrogen-bond donors (Lipinski definition) is 6. The summed E-state index contributed by atoms with van der Waals surface area (Å²) in [6, 6.07) is 21.9. The lowest BCUT2D eigenvalue weighted by molar-refractivity contribution is 0.0933. The number of nitrogens with two attached hydrogens (primary N) is 1. The van der Waals surface area contributed by atoms with Crippen molar-refractivity contribution in [3.8, 4) is 0 Å². The first kappa shape index (κ1) is 26.2. The second kappa shape index (κ2) is 11.1. The van der Waals surface area contributed by atoms with Crippen molar-refractivity contribution >= 4 is 77.3 Å². The highest BCUT2D eigenvalue weighted by Crippen LogP contribution is 2.60. The van der Waals surface area contributed by atoms with Gasteiger partial charge in [-0.1, -0.05) is 30.3 Å². The van der Waals surface area contributed by atoms with Crippen LogP contribution in [-0.2, 0) is 0 Å². The van der Waals surface area contributed by atoms with Crippen LogP contribution in [0.3, 0.4) is 0 Å². The van der Waals surface area contributed by atoms with Crippen LogP contribution in [0.25, 0.3) is 10.9 Å². The molecule has 38 heavy (non-hydrogen) atoms. The maximum absolute atomic E-state index is 12.9. The molecule has 1 aromatic heterocycles. The summed E-state index contributed by atoms with van der Waals surface area (Å²) in [4.78, 5) is 34.2. The normalized spacial score (nSPS) is 15.9. The molecule has 2 amide bonds. The predicted octanol–water partition coefficient (Wildman–Crippen LogP) is 5.60. The van der Waals surface area contributed by atoms with Gasteiger partial charge in [-0.25, -0.2) is 4.98 Å². The molecule has 1 fully saturated rings. The average molecular weight is 565 g/mol. The van der Waals surface area contributed by atoms with Crippen LogP contribution in [0.4, 0.5) is 23.1 Å². The van der Waals surface area contributed by atoms with E-state index in [1.54, 1.807) is 30.3 Å². The van der Waals surface area contributed by atoms with E-state index in [1.807, 2.05) is 42.5 Å². The van der Waals surface area contributed by atoms with Gasteiger partial charge in [-0.2, -0.15) is 4.98 Å². The zero-order chi connectivity index (χ0) is 26.7. The molecule has 0 radical (unpaired) electrons. The van der Waals surface area contributed by atoms with Crippen LogP contribution in [0.5, 0.6) is 0 Å². The van der Waals surface area contributed by atoms with Crippen molar-refractivity contribution in [3.63, 3.8) is 0 Å². The quantitative estimate of drug-likeness (QED) is 0.128. The van der Waals surface area contributed by atoms with Crippen molar-refractivity contribution in [1.82, 2.24) is 15.3 Å². The fourth-order valence-corrected chi connectivity index (χ4v) is 7.14. The van der Waals surface area contributed by atoms with Crippen molar-refractivity contribution in [2.24, 2.45) is 5.73 Å². The largest absolute Gasteiger partial charge is 0.366 e. The second-order valence-corrected chi connectivity index (χ2v) is 16.6. The Hall–Kier alpha value is -3.41. The number of primary amides is 1. The molecule has 0 atom stereocenters. The fraction of sp³-hybridized carbons (Fsp3) is 0.185. The van der Waals surface area contributed by atoms with Crippen molar-refractivity contribution in [3.05, 3.63) is 83.9 Å². The molecule has 5 rings (SSSR count). The van der Waals surface area contributed by atoms with E-state index in [0.717, 1.165) is 29.7 Å². The third kappa shape index (κ3) is 6.17. The van der Waals surface area contributed by atoms with Gasteiger partial charge < -0.3 is 21.7 Å². The van der Waals surface area contributed by atoms with E-state index in [1.165, 1.54) is 0 Å². The number of nitrogens with zero attached hydrogens (tertiary/aromatic N) is 2. The summed E-state index contributed by atoms with van der Waals surface area (Å²) in [7, 11) is -1.12. The number of carbonyl (C=O) groups is 2. The van der Waals surface area contributed by atoms with Gasteiger partial charge in [0.05, 0.1) is 16.8 Å². The highest BCUT2D eigenvalue weighted by Gasteiger charge is 2.26. The fourth-order valence-electron chi connectivity index (χ4n) is 4.35. The van der Waals surface area contributed by atoms with Gasteiger partial charge in [0.15, 0.2) is 0 Å². The van der Waals surface area contributed by atoms with Crippen LogP contribution in [0.1, 0.15) is 33.6 Å². The SMILES string of the molecule is NC(=O)c1ccccc1Nc1nc(Nc2cccc(C(=O)NC3CCS(S)(S)CC3)c2)nc2ccccc12. The molecule has 0 aliphatic carbocycles.